The third kappa shape index (κ3) is 5.36. The van der Waals surface area contributed by atoms with Crippen molar-refractivity contribution in [2.24, 2.45) is 5.73 Å². The maximum absolute atomic E-state index is 6.03. The minimum Gasteiger partial charge on any atom is -0.493 e. The predicted octanol–water partition coefficient (Wildman–Crippen LogP) is 4.65. The number of methoxy groups -OCH3 is 1. The Morgan fingerprint density at radius 3 is 2.33 bits per heavy atom. The highest BCUT2D eigenvalue weighted by molar-refractivity contribution is 7.80. The Balaban J connectivity index is 2.09. The van der Waals surface area contributed by atoms with Crippen LogP contribution in [0.5, 0.6) is 17.2 Å². The summed E-state index contributed by atoms with van der Waals surface area (Å²) < 4.78 is 17.3. The third-order valence-corrected chi connectivity index (χ3v) is 4.53. The molecule has 0 saturated carbocycles. The van der Waals surface area contributed by atoms with Crippen LogP contribution in [0.4, 0.5) is 0 Å². The highest BCUT2D eigenvalue weighted by Gasteiger charge is 2.19. The molecule has 4 nitrogen and oxygen atoms in total. The van der Waals surface area contributed by atoms with Crippen LogP contribution in [0.25, 0.3) is 0 Å². The largest absolute Gasteiger partial charge is 0.493 e. The lowest BCUT2D eigenvalue weighted by atomic mass is 9.85. The Labute approximate surface area is 167 Å². The first-order chi connectivity index (χ1) is 12.8. The van der Waals surface area contributed by atoms with Crippen molar-refractivity contribution in [3.63, 3.8) is 0 Å². The normalized spacial score (nSPS) is 11.1. The van der Waals surface area contributed by atoms with Gasteiger partial charge in [0.2, 0.25) is 0 Å². The van der Waals surface area contributed by atoms with E-state index in [2.05, 4.69) is 39.8 Å². The second-order valence-corrected chi connectivity index (χ2v) is 7.77. The van der Waals surface area contributed by atoms with Crippen LogP contribution in [0.1, 0.15) is 44.4 Å². The molecule has 0 aromatic heterocycles. The fraction of sp³-hybridized carbons (Fsp3) is 0.409. The van der Waals surface area contributed by atoms with Gasteiger partial charge in [-0.3, -0.25) is 0 Å². The fourth-order valence-corrected chi connectivity index (χ4v) is 2.98. The molecule has 27 heavy (non-hydrogen) atoms. The Morgan fingerprint density at radius 1 is 1.04 bits per heavy atom. The average molecular weight is 388 g/mol. The van der Waals surface area contributed by atoms with Crippen molar-refractivity contribution in [3.05, 3.63) is 53.1 Å². The Morgan fingerprint density at radius 2 is 1.74 bits per heavy atom. The van der Waals surface area contributed by atoms with E-state index in [9.17, 15) is 0 Å². The molecule has 0 aliphatic rings. The van der Waals surface area contributed by atoms with Gasteiger partial charge in [-0.05, 0) is 41.2 Å². The number of aryl methyl sites for hydroxylation is 1. The molecule has 0 radical (unpaired) electrons. The van der Waals surface area contributed by atoms with Gasteiger partial charge in [0.25, 0.3) is 0 Å². The van der Waals surface area contributed by atoms with Gasteiger partial charge in [-0.15, -0.1) is 0 Å². The lowest BCUT2D eigenvalue weighted by molar-refractivity contribution is 0.208. The average Bonchev–Trinajstić information content (AvgIpc) is 2.64. The van der Waals surface area contributed by atoms with E-state index in [4.69, 9.17) is 32.2 Å². The lowest BCUT2D eigenvalue weighted by Crippen LogP contribution is -2.17. The summed E-state index contributed by atoms with van der Waals surface area (Å²) >= 11 is 5.11. The number of benzene rings is 2. The molecular weight excluding hydrogens is 358 g/mol. The minimum atomic E-state index is 0.00290. The molecule has 0 aliphatic carbocycles. The molecule has 0 unspecified atom stereocenters. The molecule has 146 valence electrons. The summed E-state index contributed by atoms with van der Waals surface area (Å²) in [6, 6.07) is 11.9. The Hall–Kier alpha value is -2.27. The Kier molecular flexibility index (Phi) is 7.08. The summed E-state index contributed by atoms with van der Waals surface area (Å²) in [5.41, 5.74) is 8.96. The number of para-hydroxylation sites is 1. The molecule has 0 aliphatic heterocycles. The van der Waals surface area contributed by atoms with Gasteiger partial charge in [-0.25, -0.2) is 0 Å². The topological polar surface area (TPSA) is 53.7 Å². The molecule has 2 N–H and O–H groups in total. The second-order valence-electron chi connectivity index (χ2n) is 7.33. The van der Waals surface area contributed by atoms with E-state index in [0.29, 0.717) is 30.3 Å². The standard InChI is InChI=1S/C22H29NO3S/c1-6-15-10-11-18(17(14-15)22(2,3)4)25-12-13-26-20-16(21(23)27)8-7-9-19(20)24-5/h7-11,14H,6,12-13H2,1-5H3,(H2,23,27). The fourth-order valence-electron chi connectivity index (χ4n) is 2.82. The molecule has 0 atom stereocenters. The maximum Gasteiger partial charge on any atom is 0.171 e. The van der Waals surface area contributed by atoms with Gasteiger partial charge in [0.15, 0.2) is 11.5 Å². The van der Waals surface area contributed by atoms with E-state index >= 15 is 0 Å². The molecule has 2 aromatic carbocycles. The minimum absolute atomic E-state index is 0.00290. The summed E-state index contributed by atoms with van der Waals surface area (Å²) in [4.78, 5) is 0.273. The predicted molar refractivity (Wildman–Crippen MR) is 114 cm³/mol. The SMILES string of the molecule is CCc1ccc(OCCOc2c(OC)cccc2C(N)=S)c(C(C)(C)C)c1. The van der Waals surface area contributed by atoms with Crippen LogP contribution in [0, 0.1) is 0 Å². The van der Waals surface area contributed by atoms with Crippen LogP contribution in [0.2, 0.25) is 0 Å². The highest BCUT2D eigenvalue weighted by atomic mass is 32.1. The van der Waals surface area contributed by atoms with Gasteiger partial charge in [0.05, 0.1) is 12.7 Å². The zero-order chi connectivity index (χ0) is 20.0. The van der Waals surface area contributed by atoms with E-state index < -0.39 is 0 Å². The monoisotopic (exact) mass is 387 g/mol. The van der Waals surface area contributed by atoms with Crippen molar-refractivity contribution in [1.82, 2.24) is 0 Å². The summed E-state index contributed by atoms with van der Waals surface area (Å²) in [6.45, 7) is 9.48. The van der Waals surface area contributed by atoms with E-state index in [1.54, 1.807) is 7.11 Å². The maximum atomic E-state index is 6.03. The molecule has 2 rings (SSSR count). The first-order valence-corrected chi connectivity index (χ1v) is 9.54. The van der Waals surface area contributed by atoms with E-state index in [-0.39, 0.29) is 10.4 Å². The first-order valence-electron chi connectivity index (χ1n) is 9.13. The van der Waals surface area contributed by atoms with Crippen molar-refractivity contribution in [3.8, 4) is 17.2 Å². The van der Waals surface area contributed by atoms with Gasteiger partial charge < -0.3 is 19.9 Å². The Bertz CT molecular complexity index is 797. The molecule has 0 spiro atoms. The number of hydrogen-bond acceptors (Lipinski definition) is 4. The molecule has 0 bridgehead atoms. The van der Waals surface area contributed by atoms with Crippen LogP contribution in [-0.2, 0) is 11.8 Å². The molecule has 0 fully saturated rings. The highest BCUT2D eigenvalue weighted by Crippen LogP contribution is 2.33. The van der Waals surface area contributed by atoms with Gasteiger partial charge >= 0.3 is 0 Å². The summed E-state index contributed by atoms with van der Waals surface area (Å²) in [6.07, 6.45) is 1.00. The number of rotatable bonds is 8. The van der Waals surface area contributed by atoms with Gasteiger partial charge in [-0.2, -0.15) is 0 Å². The lowest BCUT2D eigenvalue weighted by Gasteiger charge is -2.24. The van der Waals surface area contributed by atoms with Crippen molar-refractivity contribution < 1.29 is 14.2 Å². The van der Waals surface area contributed by atoms with E-state index in [1.165, 1.54) is 11.1 Å². The molecular formula is C22H29NO3S. The van der Waals surface area contributed by atoms with E-state index in [1.807, 2.05) is 24.3 Å². The molecule has 0 amide bonds. The number of nitrogens with two attached hydrogens (primary N) is 1. The summed E-state index contributed by atoms with van der Waals surface area (Å²) in [5.74, 6) is 2.04. The zero-order valence-corrected chi connectivity index (χ0v) is 17.6. The number of ether oxygens (including phenoxy) is 3. The van der Waals surface area contributed by atoms with E-state index in [0.717, 1.165) is 12.2 Å². The van der Waals surface area contributed by atoms with Crippen molar-refractivity contribution in [2.45, 2.75) is 39.5 Å². The summed E-state index contributed by atoms with van der Waals surface area (Å²) in [7, 11) is 1.59. The van der Waals surface area contributed by atoms with Gasteiger partial charge in [0.1, 0.15) is 24.0 Å². The third-order valence-electron chi connectivity index (χ3n) is 4.31. The summed E-state index contributed by atoms with van der Waals surface area (Å²) in [5, 5.41) is 0. The quantitative estimate of drug-likeness (QED) is 0.528. The van der Waals surface area contributed by atoms with Crippen LogP contribution < -0.4 is 19.9 Å². The number of hydrogen-bond donors (Lipinski definition) is 1. The smallest absolute Gasteiger partial charge is 0.171 e. The molecule has 2 aromatic rings. The molecule has 0 heterocycles. The van der Waals surface area contributed by atoms with Crippen molar-refractivity contribution in [2.75, 3.05) is 20.3 Å². The molecule has 0 saturated heterocycles. The van der Waals surface area contributed by atoms with Gasteiger partial charge in [-0.1, -0.05) is 58.1 Å². The van der Waals surface area contributed by atoms with Crippen LogP contribution in [-0.4, -0.2) is 25.3 Å². The van der Waals surface area contributed by atoms with Crippen LogP contribution in [0.15, 0.2) is 36.4 Å². The first kappa shape index (κ1) is 21.0. The molecule has 5 heteroatoms. The van der Waals surface area contributed by atoms with Crippen molar-refractivity contribution in [1.29, 1.82) is 0 Å². The van der Waals surface area contributed by atoms with Crippen LogP contribution in [0.3, 0.4) is 0 Å². The van der Waals surface area contributed by atoms with Crippen LogP contribution >= 0.6 is 12.2 Å². The van der Waals surface area contributed by atoms with Crippen molar-refractivity contribution >= 4 is 17.2 Å². The number of thiocarbonyl (C=S) groups is 1. The van der Waals surface area contributed by atoms with Gasteiger partial charge in [0, 0.05) is 0 Å². The zero-order valence-electron chi connectivity index (χ0n) is 16.8. The second kappa shape index (κ2) is 9.09.